The van der Waals surface area contributed by atoms with E-state index in [2.05, 4.69) is 20.2 Å². The summed E-state index contributed by atoms with van der Waals surface area (Å²) in [7, 11) is 0. The molecule has 3 heterocycles. The van der Waals surface area contributed by atoms with Gasteiger partial charge in [0.15, 0.2) is 5.76 Å². The third kappa shape index (κ3) is 4.48. The molecule has 0 saturated carbocycles. The van der Waals surface area contributed by atoms with Gasteiger partial charge in [-0.15, -0.1) is 0 Å². The van der Waals surface area contributed by atoms with Crippen LogP contribution in [0.4, 0.5) is 17.5 Å². The Hall–Kier alpha value is -3.55. The third-order valence-electron chi connectivity index (χ3n) is 4.66. The highest BCUT2D eigenvalue weighted by Crippen LogP contribution is 2.21. The summed E-state index contributed by atoms with van der Waals surface area (Å²) in [6.45, 7) is 5.13. The van der Waals surface area contributed by atoms with E-state index in [1.807, 2.05) is 37.3 Å². The molecule has 150 valence electrons. The number of hydrogen-bond donors (Lipinski definition) is 1. The van der Waals surface area contributed by atoms with E-state index in [-0.39, 0.29) is 5.91 Å². The number of hydrogen-bond acceptors (Lipinski definition) is 7. The minimum Gasteiger partial charge on any atom is -0.494 e. The molecule has 2 aromatic heterocycles. The van der Waals surface area contributed by atoms with Gasteiger partial charge in [0.25, 0.3) is 5.91 Å². The van der Waals surface area contributed by atoms with Crippen molar-refractivity contribution in [2.75, 3.05) is 43.0 Å². The van der Waals surface area contributed by atoms with Gasteiger partial charge in [-0.25, -0.2) is 4.98 Å². The molecule has 3 aromatic rings. The van der Waals surface area contributed by atoms with Gasteiger partial charge in [0, 0.05) is 38.1 Å². The summed E-state index contributed by atoms with van der Waals surface area (Å²) in [6, 6.07) is 13.0. The van der Waals surface area contributed by atoms with Gasteiger partial charge in [0.2, 0.25) is 5.95 Å². The number of aromatic nitrogens is 2. The average molecular weight is 393 g/mol. The summed E-state index contributed by atoms with van der Waals surface area (Å²) in [5.74, 6) is 2.49. The molecule has 1 aromatic carbocycles. The zero-order valence-corrected chi connectivity index (χ0v) is 16.2. The first-order valence-electron chi connectivity index (χ1n) is 9.63. The van der Waals surface area contributed by atoms with Crippen molar-refractivity contribution in [3.05, 3.63) is 60.7 Å². The lowest BCUT2D eigenvalue weighted by molar-refractivity contribution is 0.0714. The van der Waals surface area contributed by atoms with Crippen LogP contribution in [-0.2, 0) is 0 Å². The second kappa shape index (κ2) is 8.64. The van der Waals surface area contributed by atoms with Crippen molar-refractivity contribution >= 4 is 23.4 Å². The standard InChI is InChI=1S/C21H23N5O3/c1-2-28-17-7-5-16(6-8-17)23-19-9-10-22-21(24-19)26-13-11-25(12-14-26)20(27)18-4-3-15-29-18/h3-10,15H,2,11-14H2,1H3,(H,22,23,24). The van der Waals surface area contributed by atoms with Gasteiger partial charge >= 0.3 is 0 Å². The van der Waals surface area contributed by atoms with E-state index in [0.717, 1.165) is 11.4 Å². The summed E-state index contributed by atoms with van der Waals surface area (Å²) >= 11 is 0. The number of piperazine rings is 1. The van der Waals surface area contributed by atoms with Crippen LogP contribution in [0.1, 0.15) is 17.5 Å². The summed E-state index contributed by atoms with van der Waals surface area (Å²) in [4.78, 5) is 25.3. The van der Waals surface area contributed by atoms with Gasteiger partial charge in [0.1, 0.15) is 11.6 Å². The van der Waals surface area contributed by atoms with Crippen molar-refractivity contribution in [3.63, 3.8) is 0 Å². The van der Waals surface area contributed by atoms with Crippen molar-refractivity contribution in [1.29, 1.82) is 0 Å². The summed E-state index contributed by atoms with van der Waals surface area (Å²) in [6.07, 6.45) is 3.25. The first-order chi connectivity index (χ1) is 14.2. The Kier molecular flexibility index (Phi) is 5.60. The van der Waals surface area contributed by atoms with Crippen LogP contribution in [0.2, 0.25) is 0 Å². The number of nitrogens with one attached hydrogen (secondary N) is 1. The topological polar surface area (TPSA) is 83.7 Å². The van der Waals surface area contributed by atoms with Gasteiger partial charge in [-0.3, -0.25) is 4.79 Å². The zero-order valence-electron chi connectivity index (χ0n) is 16.2. The Morgan fingerprint density at radius 3 is 2.62 bits per heavy atom. The highest BCUT2D eigenvalue weighted by Gasteiger charge is 2.24. The van der Waals surface area contributed by atoms with Crippen molar-refractivity contribution < 1.29 is 13.9 Å². The molecule has 1 aliphatic heterocycles. The van der Waals surface area contributed by atoms with Gasteiger partial charge in [0.05, 0.1) is 12.9 Å². The first-order valence-corrected chi connectivity index (χ1v) is 9.63. The highest BCUT2D eigenvalue weighted by atomic mass is 16.5. The minimum atomic E-state index is -0.0820. The van der Waals surface area contributed by atoms with E-state index in [0.29, 0.717) is 50.3 Å². The van der Waals surface area contributed by atoms with E-state index < -0.39 is 0 Å². The van der Waals surface area contributed by atoms with Crippen LogP contribution in [0.3, 0.4) is 0 Å². The number of carbonyl (C=O) groups excluding carboxylic acids is 1. The molecule has 1 saturated heterocycles. The molecule has 1 amide bonds. The number of amides is 1. The summed E-state index contributed by atoms with van der Waals surface area (Å²) in [5.41, 5.74) is 0.923. The largest absolute Gasteiger partial charge is 0.494 e. The van der Waals surface area contributed by atoms with E-state index in [1.165, 1.54) is 6.26 Å². The van der Waals surface area contributed by atoms with Crippen LogP contribution in [0.15, 0.2) is 59.3 Å². The van der Waals surface area contributed by atoms with E-state index in [1.54, 1.807) is 23.2 Å². The van der Waals surface area contributed by atoms with Crippen LogP contribution in [0.25, 0.3) is 0 Å². The van der Waals surface area contributed by atoms with Crippen molar-refractivity contribution in [3.8, 4) is 5.75 Å². The fraction of sp³-hybridized carbons (Fsp3) is 0.286. The Labute approximate surface area is 169 Å². The van der Waals surface area contributed by atoms with Crippen molar-refractivity contribution in [2.24, 2.45) is 0 Å². The average Bonchev–Trinajstić information content (AvgIpc) is 3.30. The Balaban J connectivity index is 1.37. The number of benzene rings is 1. The predicted molar refractivity (Wildman–Crippen MR) is 110 cm³/mol. The lowest BCUT2D eigenvalue weighted by Crippen LogP contribution is -2.49. The molecule has 0 atom stereocenters. The Morgan fingerprint density at radius 1 is 1.14 bits per heavy atom. The van der Waals surface area contributed by atoms with Crippen LogP contribution in [0.5, 0.6) is 5.75 Å². The molecule has 4 rings (SSSR count). The maximum absolute atomic E-state index is 12.4. The second-order valence-electron chi connectivity index (χ2n) is 6.58. The van der Waals surface area contributed by atoms with Crippen LogP contribution in [-0.4, -0.2) is 53.6 Å². The molecule has 1 aliphatic rings. The molecule has 1 N–H and O–H groups in total. The van der Waals surface area contributed by atoms with Crippen molar-refractivity contribution in [1.82, 2.24) is 14.9 Å². The fourth-order valence-electron chi connectivity index (χ4n) is 3.19. The molecule has 1 fully saturated rings. The fourth-order valence-corrected chi connectivity index (χ4v) is 3.19. The number of ether oxygens (including phenoxy) is 1. The quantitative estimate of drug-likeness (QED) is 0.689. The molecule has 0 unspecified atom stereocenters. The molecule has 0 aliphatic carbocycles. The first kappa shape index (κ1) is 18.8. The maximum atomic E-state index is 12.4. The maximum Gasteiger partial charge on any atom is 0.289 e. The summed E-state index contributed by atoms with van der Waals surface area (Å²) < 4.78 is 10.7. The number of carbonyl (C=O) groups is 1. The Bertz CT molecular complexity index is 935. The van der Waals surface area contributed by atoms with Crippen LogP contribution < -0.4 is 15.0 Å². The molecule has 8 nitrogen and oxygen atoms in total. The van der Waals surface area contributed by atoms with E-state index >= 15 is 0 Å². The monoisotopic (exact) mass is 393 g/mol. The van der Waals surface area contributed by atoms with Gasteiger partial charge in [-0.2, -0.15) is 4.98 Å². The van der Waals surface area contributed by atoms with Gasteiger partial charge < -0.3 is 24.3 Å². The molecule has 0 radical (unpaired) electrons. The highest BCUT2D eigenvalue weighted by molar-refractivity contribution is 5.91. The molecule has 8 heteroatoms. The zero-order chi connectivity index (χ0) is 20.1. The normalized spacial score (nSPS) is 14.0. The summed E-state index contributed by atoms with van der Waals surface area (Å²) in [5, 5.41) is 3.29. The third-order valence-corrected chi connectivity index (χ3v) is 4.66. The molecule has 0 spiro atoms. The van der Waals surface area contributed by atoms with Gasteiger partial charge in [-0.05, 0) is 49.4 Å². The Morgan fingerprint density at radius 2 is 1.93 bits per heavy atom. The van der Waals surface area contributed by atoms with Crippen LogP contribution >= 0.6 is 0 Å². The van der Waals surface area contributed by atoms with E-state index in [9.17, 15) is 4.79 Å². The molecule has 29 heavy (non-hydrogen) atoms. The number of anilines is 3. The lowest BCUT2D eigenvalue weighted by atomic mass is 10.3. The molecular formula is C21H23N5O3. The predicted octanol–water partition coefficient (Wildman–Crippen LogP) is 3.17. The smallest absolute Gasteiger partial charge is 0.289 e. The molecule has 0 bridgehead atoms. The SMILES string of the molecule is CCOc1ccc(Nc2ccnc(N3CCN(C(=O)c4ccco4)CC3)n2)cc1. The number of rotatable bonds is 6. The lowest BCUT2D eigenvalue weighted by Gasteiger charge is -2.34. The molecular weight excluding hydrogens is 370 g/mol. The second-order valence-corrected chi connectivity index (χ2v) is 6.58. The minimum absolute atomic E-state index is 0.0820. The van der Waals surface area contributed by atoms with Crippen molar-refractivity contribution in [2.45, 2.75) is 6.92 Å². The van der Waals surface area contributed by atoms with E-state index in [4.69, 9.17) is 9.15 Å². The number of furan rings is 1. The van der Waals surface area contributed by atoms with Crippen LogP contribution in [0, 0.1) is 0 Å². The van der Waals surface area contributed by atoms with Gasteiger partial charge in [-0.1, -0.05) is 0 Å². The number of nitrogens with zero attached hydrogens (tertiary/aromatic N) is 4.